The lowest BCUT2D eigenvalue weighted by Crippen LogP contribution is -2.23. The summed E-state index contributed by atoms with van der Waals surface area (Å²) in [6.45, 7) is 6.67. The highest BCUT2D eigenvalue weighted by Gasteiger charge is 2.17. The van der Waals surface area contributed by atoms with Gasteiger partial charge in [0.1, 0.15) is 12.4 Å². The van der Waals surface area contributed by atoms with Gasteiger partial charge in [0.25, 0.3) is 5.91 Å². The van der Waals surface area contributed by atoms with Gasteiger partial charge in [-0.1, -0.05) is 19.9 Å². The molecule has 1 fully saturated rings. The van der Waals surface area contributed by atoms with Gasteiger partial charge < -0.3 is 24.3 Å². The van der Waals surface area contributed by atoms with Gasteiger partial charge in [-0.3, -0.25) is 4.79 Å². The molecule has 7 heteroatoms. The number of halogens is 1. The maximum Gasteiger partial charge on any atom is 0.251 e. The number of benzene rings is 2. The molecule has 0 aromatic heterocycles. The van der Waals surface area contributed by atoms with Crippen LogP contribution < -0.4 is 19.5 Å². The highest BCUT2D eigenvalue weighted by molar-refractivity contribution is 9.10. The summed E-state index contributed by atoms with van der Waals surface area (Å²) in [6, 6.07) is 11.1. The van der Waals surface area contributed by atoms with Crippen LogP contribution in [0.1, 0.15) is 49.0 Å². The molecule has 1 aliphatic rings. The summed E-state index contributed by atoms with van der Waals surface area (Å²) >= 11 is 3.50. The first kappa shape index (κ1) is 24.4. The monoisotopic (exact) mass is 505 g/mol. The zero-order valence-corrected chi connectivity index (χ0v) is 20.6. The van der Waals surface area contributed by atoms with Crippen LogP contribution in [0.2, 0.25) is 0 Å². The third-order valence-corrected chi connectivity index (χ3v) is 5.90. The molecule has 1 unspecified atom stereocenters. The van der Waals surface area contributed by atoms with Crippen molar-refractivity contribution in [3.8, 4) is 17.2 Å². The van der Waals surface area contributed by atoms with E-state index in [0.717, 1.165) is 35.9 Å². The van der Waals surface area contributed by atoms with Crippen LogP contribution in [0.3, 0.4) is 0 Å². The third kappa shape index (κ3) is 7.14. The van der Waals surface area contributed by atoms with Gasteiger partial charge >= 0.3 is 0 Å². The fraction of sp³-hybridized carbons (Fsp3) is 0.480. The summed E-state index contributed by atoms with van der Waals surface area (Å²) in [5.74, 6) is 2.50. The minimum Gasteiger partial charge on any atom is -0.493 e. The molecule has 6 nitrogen and oxygen atoms in total. The molecule has 2 aromatic carbocycles. The molecule has 1 saturated heterocycles. The number of hydrogen-bond donors (Lipinski definition) is 1. The number of carbonyl (C=O) groups excluding carboxylic acids is 1. The van der Waals surface area contributed by atoms with Gasteiger partial charge in [-0.2, -0.15) is 0 Å². The Hall–Kier alpha value is -2.25. The maximum atomic E-state index is 12.6. The van der Waals surface area contributed by atoms with Gasteiger partial charge in [0.15, 0.2) is 11.5 Å². The first-order valence-corrected chi connectivity index (χ1v) is 11.9. The topological polar surface area (TPSA) is 66.0 Å². The molecule has 1 aliphatic heterocycles. The van der Waals surface area contributed by atoms with E-state index in [1.165, 1.54) is 0 Å². The van der Waals surface area contributed by atoms with Gasteiger partial charge in [0.05, 0.1) is 24.3 Å². The Labute approximate surface area is 198 Å². The summed E-state index contributed by atoms with van der Waals surface area (Å²) in [5.41, 5.74) is 1.49. The molecule has 32 heavy (non-hydrogen) atoms. The smallest absolute Gasteiger partial charge is 0.251 e. The quantitative estimate of drug-likeness (QED) is 0.444. The Morgan fingerprint density at radius 3 is 2.66 bits per heavy atom. The molecule has 0 saturated carbocycles. The van der Waals surface area contributed by atoms with E-state index >= 15 is 0 Å². The van der Waals surface area contributed by atoms with Crippen LogP contribution in [0.4, 0.5) is 0 Å². The number of carbonyl (C=O) groups is 1. The number of nitrogens with one attached hydrogen (secondary N) is 1. The van der Waals surface area contributed by atoms with E-state index in [-0.39, 0.29) is 12.0 Å². The first-order chi connectivity index (χ1) is 15.5. The number of ether oxygens (including phenoxy) is 4. The summed E-state index contributed by atoms with van der Waals surface area (Å²) in [5, 5.41) is 2.95. The highest BCUT2D eigenvalue weighted by Crippen LogP contribution is 2.29. The minimum atomic E-state index is -0.160. The molecule has 0 spiro atoms. The van der Waals surface area contributed by atoms with Gasteiger partial charge in [0, 0.05) is 18.7 Å². The first-order valence-electron chi connectivity index (χ1n) is 11.1. The van der Waals surface area contributed by atoms with Gasteiger partial charge in [-0.15, -0.1) is 0 Å². The second-order valence-corrected chi connectivity index (χ2v) is 9.14. The molecule has 0 bridgehead atoms. The van der Waals surface area contributed by atoms with Crippen LogP contribution in [-0.2, 0) is 11.3 Å². The molecule has 1 heterocycles. The average molecular weight is 506 g/mol. The number of methoxy groups -OCH3 is 1. The second kappa shape index (κ2) is 12.1. The SMILES string of the molecule is COc1cc(CNC(=O)c2ccc(OCC3CCCO3)c(Br)c2)ccc1OCCC(C)C. The lowest BCUT2D eigenvalue weighted by Gasteiger charge is -2.14. The molecule has 174 valence electrons. The molecule has 2 aromatic rings. The summed E-state index contributed by atoms with van der Waals surface area (Å²) in [4.78, 5) is 12.6. The third-order valence-electron chi connectivity index (χ3n) is 5.28. The normalized spacial score (nSPS) is 15.6. The van der Waals surface area contributed by atoms with E-state index in [4.69, 9.17) is 18.9 Å². The van der Waals surface area contributed by atoms with E-state index < -0.39 is 0 Å². The van der Waals surface area contributed by atoms with E-state index in [1.54, 1.807) is 25.3 Å². The molecular formula is C25H32BrNO5. The summed E-state index contributed by atoms with van der Waals surface area (Å²) in [7, 11) is 1.62. The van der Waals surface area contributed by atoms with Crippen molar-refractivity contribution < 1.29 is 23.7 Å². The van der Waals surface area contributed by atoms with Crippen molar-refractivity contribution in [3.63, 3.8) is 0 Å². The predicted molar refractivity (Wildman–Crippen MR) is 128 cm³/mol. The Kier molecular flexibility index (Phi) is 9.23. The van der Waals surface area contributed by atoms with Crippen molar-refractivity contribution in [1.82, 2.24) is 5.32 Å². The zero-order chi connectivity index (χ0) is 22.9. The molecule has 1 N–H and O–H groups in total. The average Bonchev–Trinajstić information content (AvgIpc) is 3.30. The number of amides is 1. The van der Waals surface area contributed by atoms with Gasteiger partial charge in [-0.05, 0) is 77.0 Å². The fourth-order valence-electron chi connectivity index (χ4n) is 3.35. The van der Waals surface area contributed by atoms with Crippen molar-refractivity contribution >= 4 is 21.8 Å². The summed E-state index contributed by atoms with van der Waals surface area (Å²) in [6.07, 6.45) is 3.23. The van der Waals surface area contributed by atoms with Crippen LogP contribution in [0, 0.1) is 5.92 Å². The zero-order valence-electron chi connectivity index (χ0n) is 19.0. The fourth-order valence-corrected chi connectivity index (χ4v) is 3.84. The van der Waals surface area contributed by atoms with Crippen LogP contribution in [0.5, 0.6) is 17.2 Å². The van der Waals surface area contributed by atoms with Gasteiger partial charge in [-0.25, -0.2) is 0 Å². The van der Waals surface area contributed by atoms with Crippen molar-refractivity contribution in [3.05, 3.63) is 52.0 Å². The second-order valence-electron chi connectivity index (χ2n) is 8.29. The number of rotatable bonds is 11. The lowest BCUT2D eigenvalue weighted by molar-refractivity contribution is 0.0677. The predicted octanol–water partition coefficient (Wildman–Crippen LogP) is 5.37. The van der Waals surface area contributed by atoms with Crippen molar-refractivity contribution in [2.45, 2.75) is 45.8 Å². The standard InChI is InChI=1S/C25H32BrNO5/c1-17(2)10-12-31-23-8-6-18(13-24(23)29-3)15-27-25(28)19-7-9-22(21(26)14-19)32-16-20-5-4-11-30-20/h6-9,13-14,17,20H,4-5,10-12,15-16H2,1-3H3,(H,27,28). The van der Waals surface area contributed by atoms with Gasteiger partial charge in [0.2, 0.25) is 0 Å². The van der Waals surface area contributed by atoms with Crippen LogP contribution in [0.25, 0.3) is 0 Å². The molecule has 0 aliphatic carbocycles. The molecular weight excluding hydrogens is 474 g/mol. The van der Waals surface area contributed by atoms with E-state index in [9.17, 15) is 4.79 Å². The van der Waals surface area contributed by atoms with E-state index in [0.29, 0.717) is 48.5 Å². The van der Waals surface area contributed by atoms with Crippen molar-refractivity contribution in [2.24, 2.45) is 5.92 Å². The Morgan fingerprint density at radius 1 is 1.16 bits per heavy atom. The van der Waals surface area contributed by atoms with Crippen LogP contribution >= 0.6 is 15.9 Å². The van der Waals surface area contributed by atoms with Crippen molar-refractivity contribution in [1.29, 1.82) is 0 Å². The molecule has 0 radical (unpaired) electrons. The molecule has 3 rings (SSSR count). The summed E-state index contributed by atoms with van der Waals surface area (Å²) < 4.78 is 23.4. The Balaban J connectivity index is 1.53. The molecule has 1 amide bonds. The maximum absolute atomic E-state index is 12.6. The molecule has 1 atom stereocenters. The Bertz CT molecular complexity index is 896. The Morgan fingerprint density at radius 2 is 1.97 bits per heavy atom. The van der Waals surface area contributed by atoms with Crippen LogP contribution in [0.15, 0.2) is 40.9 Å². The van der Waals surface area contributed by atoms with E-state index in [1.807, 2.05) is 18.2 Å². The van der Waals surface area contributed by atoms with Crippen molar-refractivity contribution in [2.75, 3.05) is 26.9 Å². The largest absolute Gasteiger partial charge is 0.493 e. The lowest BCUT2D eigenvalue weighted by atomic mass is 10.1. The highest BCUT2D eigenvalue weighted by atomic mass is 79.9. The van der Waals surface area contributed by atoms with E-state index in [2.05, 4.69) is 35.1 Å². The minimum absolute atomic E-state index is 0.147. The number of hydrogen-bond acceptors (Lipinski definition) is 5. The van der Waals surface area contributed by atoms with Crippen LogP contribution in [-0.4, -0.2) is 38.9 Å².